The number of nitrogens with two attached hydrogens (primary N) is 1. The molecule has 0 saturated carbocycles. The van der Waals surface area contributed by atoms with Gasteiger partial charge in [-0.05, 0) is 6.42 Å². The van der Waals surface area contributed by atoms with Crippen LogP contribution in [0.15, 0.2) is 6.20 Å². The zero-order valence-corrected chi connectivity index (χ0v) is 9.30. The largest absolute Gasteiger partial charge is 0.394 e. The van der Waals surface area contributed by atoms with Crippen molar-refractivity contribution in [3.05, 3.63) is 6.20 Å². The van der Waals surface area contributed by atoms with Crippen LogP contribution in [0.3, 0.4) is 0 Å². The highest BCUT2D eigenvalue weighted by atomic mass is 19.1. The number of nitrogen functional groups attached to an aromatic ring is 1. The number of nitrogens with zero attached hydrogens (tertiary/aromatic N) is 3. The van der Waals surface area contributed by atoms with Gasteiger partial charge in [-0.15, -0.1) is 0 Å². The third-order valence-electron chi connectivity index (χ3n) is 2.91. The van der Waals surface area contributed by atoms with Gasteiger partial charge in [-0.2, -0.15) is 5.10 Å². The lowest BCUT2D eigenvalue weighted by atomic mass is 10.1. The van der Waals surface area contributed by atoms with Crippen molar-refractivity contribution in [2.75, 3.05) is 23.7 Å². The second-order valence-corrected chi connectivity index (χ2v) is 4.27. The van der Waals surface area contributed by atoms with Gasteiger partial charge in [0.25, 0.3) is 0 Å². The molecule has 2 rings (SSSR count). The molecular formula is C10H17FN4O. The van der Waals surface area contributed by atoms with Crippen LogP contribution < -0.4 is 10.6 Å². The molecule has 1 aliphatic heterocycles. The summed E-state index contributed by atoms with van der Waals surface area (Å²) in [6, 6.07) is 0. The van der Waals surface area contributed by atoms with E-state index in [2.05, 4.69) is 5.10 Å². The zero-order chi connectivity index (χ0) is 11.7. The monoisotopic (exact) mass is 228 g/mol. The number of aromatic nitrogens is 2. The van der Waals surface area contributed by atoms with Gasteiger partial charge in [0.15, 0.2) is 0 Å². The molecule has 90 valence electrons. The number of rotatable bonds is 1. The Morgan fingerprint density at radius 3 is 3.00 bits per heavy atom. The van der Waals surface area contributed by atoms with E-state index in [9.17, 15) is 9.50 Å². The van der Waals surface area contributed by atoms with Crippen molar-refractivity contribution in [2.24, 2.45) is 7.05 Å². The molecule has 0 amide bonds. The number of aliphatic hydroxyl groups is 1. The van der Waals surface area contributed by atoms with Crippen LogP contribution in [0, 0.1) is 0 Å². The minimum absolute atomic E-state index is 0.203. The molecule has 5 nitrogen and oxygen atoms in total. The molecule has 1 aliphatic rings. The lowest BCUT2D eigenvalue weighted by molar-refractivity contribution is 0.133. The van der Waals surface area contributed by atoms with Gasteiger partial charge in [-0.25, -0.2) is 4.39 Å². The van der Waals surface area contributed by atoms with Gasteiger partial charge >= 0.3 is 0 Å². The third kappa shape index (κ3) is 2.11. The van der Waals surface area contributed by atoms with Gasteiger partial charge in [-0.3, -0.25) is 4.68 Å². The highest BCUT2D eigenvalue weighted by molar-refractivity contribution is 5.62. The Hall–Kier alpha value is -1.30. The topological polar surface area (TPSA) is 67.3 Å². The SMILES string of the molecule is Cn1ncc(N)c1N1CCC(O)CC(F)C1. The highest BCUT2D eigenvalue weighted by Crippen LogP contribution is 2.25. The fraction of sp³-hybridized carbons (Fsp3) is 0.700. The number of halogens is 1. The van der Waals surface area contributed by atoms with E-state index in [0.717, 1.165) is 5.82 Å². The van der Waals surface area contributed by atoms with Crippen molar-refractivity contribution in [2.45, 2.75) is 25.1 Å². The van der Waals surface area contributed by atoms with Crippen LogP contribution >= 0.6 is 0 Å². The smallest absolute Gasteiger partial charge is 0.150 e. The van der Waals surface area contributed by atoms with Crippen molar-refractivity contribution >= 4 is 11.5 Å². The van der Waals surface area contributed by atoms with E-state index < -0.39 is 12.3 Å². The highest BCUT2D eigenvalue weighted by Gasteiger charge is 2.25. The molecule has 3 N–H and O–H groups in total. The summed E-state index contributed by atoms with van der Waals surface area (Å²) >= 11 is 0. The van der Waals surface area contributed by atoms with E-state index in [0.29, 0.717) is 18.7 Å². The average molecular weight is 228 g/mol. The number of aryl methyl sites for hydroxylation is 1. The number of alkyl halides is 1. The maximum Gasteiger partial charge on any atom is 0.150 e. The third-order valence-corrected chi connectivity index (χ3v) is 2.91. The lowest BCUT2D eigenvalue weighted by Gasteiger charge is -2.23. The molecule has 16 heavy (non-hydrogen) atoms. The van der Waals surface area contributed by atoms with Crippen LogP contribution in [0.4, 0.5) is 15.9 Å². The Bertz CT molecular complexity index is 348. The van der Waals surface area contributed by atoms with Crippen LogP contribution in [0.5, 0.6) is 0 Å². The minimum Gasteiger partial charge on any atom is -0.394 e. The standard InChI is InChI=1S/C10H17FN4O/c1-14-10(9(12)5-13-14)15-3-2-8(16)4-7(11)6-15/h5,7-8,16H,2-4,6,12H2,1H3. The molecule has 0 aliphatic carbocycles. The molecule has 1 fully saturated rings. The molecule has 6 heteroatoms. The summed E-state index contributed by atoms with van der Waals surface area (Å²) in [6.45, 7) is 0.867. The summed E-state index contributed by atoms with van der Waals surface area (Å²) in [7, 11) is 1.78. The Kier molecular flexibility index (Phi) is 3.00. The molecule has 1 aromatic heterocycles. The van der Waals surface area contributed by atoms with E-state index in [-0.39, 0.29) is 13.0 Å². The van der Waals surface area contributed by atoms with Gasteiger partial charge < -0.3 is 15.7 Å². The quantitative estimate of drug-likeness (QED) is 0.725. The summed E-state index contributed by atoms with van der Waals surface area (Å²) in [5.74, 6) is 0.733. The average Bonchev–Trinajstić information content (AvgIpc) is 2.43. The number of hydrogen-bond acceptors (Lipinski definition) is 4. The first kappa shape index (κ1) is 11.2. The second kappa shape index (κ2) is 4.29. The Morgan fingerprint density at radius 2 is 2.38 bits per heavy atom. The Labute approximate surface area is 93.6 Å². The van der Waals surface area contributed by atoms with Gasteiger partial charge in [0.2, 0.25) is 0 Å². The van der Waals surface area contributed by atoms with Crippen molar-refractivity contribution in [3.8, 4) is 0 Å². The first-order chi connectivity index (χ1) is 7.58. The van der Waals surface area contributed by atoms with Crippen LogP contribution in [0.1, 0.15) is 12.8 Å². The van der Waals surface area contributed by atoms with Crippen molar-refractivity contribution in [1.82, 2.24) is 9.78 Å². The predicted octanol–water partition coefficient (Wildman–Crippen LogP) is 0.301. The maximum absolute atomic E-state index is 13.5. The molecule has 2 heterocycles. The number of anilines is 2. The van der Waals surface area contributed by atoms with Gasteiger partial charge in [0.05, 0.1) is 24.5 Å². The maximum atomic E-state index is 13.5. The van der Waals surface area contributed by atoms with Gasteiger partial charge in [0, 0.05) is 20.0 Å². The van der Waals surface area contributed by atoms with E-state index in [1.165, 1.54) is 0 Å². The summed E-state index contributed by atoms with van der Waals surface area (Å²) in [5.41, 5.74) is 6.34. The first-order valence-electron chi connectivity index (χ1n) is 5.42. The van der Waals surface area contributed by atoms with Crippen molar-refractivity contribution in [1.29, 1.82) is 0 Å². The van der Waals surface area contributed by atoms with Crippen LogP contribution in [0.2, 0.25) is 0 Å². The minimum atomic E-state index is -1.02. The molecule has 0 bridgehead atoms. The van der Waals surface area contributed by atoms with Gasteiger partial charge in [0.1, 0.15) is 12.0 Å². The fourth-order valence-corrected chi connectivity index (χ4v) is 2.15. The van der Waals surface area contributed by atoms with E-state index >= 15 is 0 Å². The Morgan fingerprint density at radius 1 is 1.62 bits per heavy atom. The van der Waals surface area contributed by atoms with Crippen LogP contribution in [-0.4, -0.2) is 40.3 Å². The summed E-state index contributed by atoms with van der Waals surface area (Å²) in [5, 5.41) is 13.5. The lowest BCUT2D eigenvalue weighted by Crippen LogP contribution is -2.31. The summed E-state index contributed by atoms with van der Waals surface area (Å²) in [6.07, 6.45) is 0.740. The van der Waals surface area contributed by atoms with E-state index in [1.54, 1.807) is 17.9 Å². The molecule has 2 unspecified atom stereocenters. The predicted molar refractivity (Wildman–Crippen MR) is 60.0 cm³/mol. The summed E-state index contributed by atoms with van der Waals surface area (Å²) in [4.78, 5) is 1.85. The normalized spacial score (nSPS) is 26.8. The van der Waals surface area contributed by atoms with E-state index in [4.69, 9.17) is 5.73 Å². The molecule has 0 radical (unpaired) electrons. The fourth-order valence-electron chi connectivity index (χ4n) is 2.15. The first-order valence-corrected chi connectivity index (χ1v) is 5.42. The van der Waals surface area contributed by atoms with Crippen LogP contribution in [0.25, 0.3) is 0 Å². The van der Waals surface area contributed by atoms with Crippen LogP contribution in [-0.2, 0) is 7.05 Å². The molecule has 0 aromatic carbocycles. The molecular weight excluding hydrogens is 211 g/mol. The second-order valence-electron chi connectivity index (χ2n) is 4.27. The molecule has 1 aromatic rings. The zero-order valence-electron chi connectivity index (χ0n) is 9.30. The molecule has 2 atom stereocenters. The molecule has 0 spiro atoms. The Balaban J connectivity index is 2.20. The van der Waals surface area contributed by atoms with Crippen molar-refractivity contribution < 1.29 is 9.50 Å². The number of aliphatic hydroxyl groups excluding tert-OH is 1. The van der Waals surface area contributed by atoms with Crippen molar-refractivity contribution in [3.63, 3.8) is 0 Å². The number of hydrogen-bond donors (Lipinski definition) is 2. The van der Waals surface area contributed by atoms with Gasteiger partial charge in [-0.1, -0.05) is 0 Å². The van der Waals surface area contributed by atoms with E-state index in [1.807, 2.05) is 4.90 Å². The summed E-state index contributed by atoms with van der Waals surface area (Å²) < 4.78 is 15.2. The molecule has 1 saturated heterocycles.